The molecule has 0 aromatic carbocycles. The van der Waals surface area contributed by atoms with Crippen molar-refractivity contribution in [2.75, 3.05) is 0 Å². The highest BCUT2D eigenvalue weighted by Crippen LogP contribution is 2.11. The van der Waals surface area contributed by atoms with Crippen LogP contribution in [-0.4, -0.2) is 44.8 Å². The van der Waals surface area contributed by atoms with Gasteiger partial charge >= 0.3 is 0 Å². The molecular formula is C8H18O4. The van der Waals surface area contributed by atoms with E-state index in [4.69, 9.17) is 10.2 Å². The molecule has 0 aromatic rings. The summed E-state index contributed by atoms with van der Waals surface area (Å²) in [5, 5.41) is 36.6. The van der Waals surface area contributed by atoms with Gasteiger partial charge in [0.15, 0.2) is 0 Å². The third-order valence-corrected chi connectivity index (χ3v) is 1.88. The third kappa shape index (κ3) is 3.06. The fraction of sp³-hybridized carbons (Fsp3) is 1.00. The molecule has 0 bridgehead atoms. The summed E-state index contributed by atoms with van der Waals surface area (Å²) in [6.45, 7) is 4.81. The summed E-state index contributed by atoms with van der Waals surface area (Å²) in [5.41, 5.74) is 0. The van der Waals surface area contributed by atoms with E-state index >= 15 is 0 Å². The maximum Gasteiger partial charge on any atom is 0.108 e. The molecular weight excluding hydrogens is 160 g/mol. The van der Waals surface area contributed by atoms with E-state index < -0.39 is 24.4 Å². The van der Waals surface area contributed by atoms with Gasteiger partial charge in [0, 0.05) is 0 Å². The second kappa shape index (κ2) is 4.77. The molecule has 0 radical (unpaired) electrons. The zero-order valence-corrected chi connectivity index (χ0v) is 7.68. The lowest BCUT2D eigenvalue weighted by atomic mass is 9.96. The second-order valence-electron chi connectivity index (χ2n) is 3.46. The predicted octanol–water partition coefficient (Wildman–Crippen LogP) is -0.894. The quantitative estimate of drug-likeness (QED) is 0.450. The Bertz CT molecular complexity index is 110. The number of rotatable bonds is 4. The number of aliphatic hydroxyl groups excluding tert-OH is 4. The van der Waals surface area contributed by atoms with E-state index in [0.717, 1.165) is 0 Å². The van der Waals surface area contributed by atoms with E-state index in [1.807, 2.05) is 0 Å². The molecule has 0 fully saturated rings. The predicted molar refractivity (Wildman–Crippen MR) is 44.5 cm³/mol. The van der Waals surface area contributed by atoms with Crippen LogP contribution in [0.1, 0.15) is 20.8 Å². The summed E-state index contributed by atoms with van der Waals surface area (Å²) in [7, 11) is 0. The van der Waals surface area contributed by atoms with Crippen LogP contribution in [0.15, 0.2) is 0 Å². The normalized spacial score (nSPS) is 22.0. The molecule has 12 heavy (non-hydrogen) atoms. The molecule has 0 aliphatic heterocycles. The number of aliphatic hydroxyl groups is 4. The van der Waals surface area contributed by atoms with Crippen molar-refractivity contribution in [2.24, 2.45) is 5.92 Å². The van der Waals surface area contributed by atoms with E-state index in [0.29, 0.717) is 0 Å². The van der Waals surface area contributed by atoms with Crippen molar-refractivity contribution in [3.05, 3.63) is 0 Å². The Morgan fingerprint density at radius 1 is 0.667 bits per heavy atom. The molecule has 0 heterocycles. The Morgan fingerprint density at radius 2 is 1.08 bits per heavy atom. The van der Waals surface area contributed by atoms with Crippen LogP contribution < -0.4 is 0 Å². The first kappa shape index (κ1) is 11.8. The highest BCUT2D eigenvalue weighted by molar-refractivity contribution is 4.80. The molecule has 0 aliphatic rings. The fourth-order valence-electron chi connectivity index (χ4n) is 0.882. The molecule has 1 unspecified atom stereocenters. The van der Waals surface area contributed by atoms with E-state index in [-0.39, 0.29) is 5.92 Å². The van der Waals surface area contributed by atoms with E-state index in [2.05, 4.69) is 0 Å². The first-order valence-electron chi connectivity index (χ1n) is 4.10. The van der Waals surface area contributed by atoms with Crippen LogP contribution in [0, 0.1) is 5.92 Å². The van der Waals surface area contributed by atoms with Crippen LogP contribution in [0.4, 0.5) is 0 Å². The molecule has 0 amide bonds. The van der Waals surface area contributed by atoms with Gasteiger partial charge in [0.25, 0.3) is 0 Å². The van der Waals surface area contributed by atoms with Crippen molar-refractivity contribution in [2.45, 2.75) is 45.2 Å². The van der Waals surface area contributed by atoms with Crippen LogP contribution >= 0.6 is 0 Å². The van der Waals surface area contributed by atoms with Gasteiger partial charge in [-0.1, -0.05) is 13.8 Å². The van der Waals surface area contributed by atoms with E-state index in [9.17, 15) is 10.2 Å². The summed E-state index contributed by atoms with van der Waals surface area (Å²) in [6, 6.07) is 0. The molecule has 0 aromatic heterocycles. The molecule has 0 saturated heterocycles. The molecule has 0 aliphatic carbocycles. The average Bonchev–Trinajstić information content (AvgIpc) is 2.00. The first-order chi connectivity index (χ1) is 5.37. The van der Waals surface area contributed by atoms with Gasteiger partial charge in [0.05, 0.1) is 12.2 Å². The van der Waals surface area contributed by atoms with Crippen LogP contribution in [0.3, 0.4) is 0 Å². The standard InChI is InChI=1S/C8H18O4/c1-4(2)6(10)8(12)7(11)5(3)9/h4-12H,1-3H3/t5-,6-,7?,8-/m0/s1. The van der Waals surface area contributed by atoms with Crippen molar-refractivity contribution < 1.29 is 20.4 Å². The second-order valence-corrected chi connectivity index (χ2v) is 3.46. The van der Waals surface area contributed by atoms with Gasteiger partial charge in [-0.25, -0.2) is 0 Å². The third-order valence-electron chi connectivity index (χ3n) is 1.88. The molecule has 4 atom stereocenters. The summed E-state index contributed by atoms with van der Waals surface area (Å²) in [6.07, 6.45) is -4.62. The van der Waals surface area contributed by atoms with Crippen LogP contribution in [-0.2, 0) is 0 Å². The zero-order valence-electron chi connectivity index (χ0n) is 7.68. The lowest BCUT2D eigenvalue weighted by Gasteiger charge is -2.26. The Labute approximate surface area is 72.5 Å². The molecule has 4 heteroatoms. The fourth-order valence-corrected chi connectivity index (χ4v) is 0.882. The molecule has 0 rings (SSSR count). The number of hydrogen-bond donors (Lipinski definition) is 4. The van der Waals surface area contributed by atoms with E-state index in [1.165, 1.54) is 6.92 Å². The summed E-state index contributed by atoms with van der Waals surface area (Å²) in [5.74, 6) is -0.145. The first-order valence-corrected chi connectivity index (χ1v) is 4.10. The minimum absolute atomic E-state index is 0.145. The topological polar surface area (TPSA) is 80.9 Å². The van der Waals surface area contributed by atoms with Gasteiger partial charge in [-0.05, 0) is 12.8 Å². The molecule has 4 N–H and O–H groups in total. The van der Waals surface area contributed by atoms with Gasteiger partial charge in [0.1, 0.15) is 12.2 Å². The summed E-state index contributed by atoms with van der Waals surface area (Å²) >= 11 is 0. The lowest BCUT2D eigenvalue weighted by Crippen LogP contribution is -2.45. The zero-order chi connectivity index (χ0) is 9.89. The SMILES string of the molecule is CC(C)[C@H](O)[C@H](O)C(O)[C@H](C)O. The van der Waals surface area contributed by atoms with Crippen LogP contribution in [0.5, 0.6) is 0 Å². The van der Waals surface area contributed by atoms with Crippen molar-refractivity contribution in [3.8, 4) is 0 Å². The lowest BCUT2D eigenvalue weighted by molar-refractivity contribution is -0.111. The largest absolute Gasteiger partial charge is 0.391 e. The Morgan fingerprint density at radius 3 is 1.33 bits per heavy atom. The Hall–Kier alpha value is -0.160. The summed E-state index contributed by atoms with van der Waals surface area (Å²) < 4.78 is 0. The maximum absolute atomic E-state index is 9.29. The van der Waals surface area contributed by atoms with Crippen LogP contribution in [0.25, 0.3) is 0 Å². The average molecular weight is 178 g/mol. The monoisotopic (exact) mass is 178 g/mol. The highest BCUT2D eigenvalue weighted by atomic mass is 16.4. The van der Waals surface area contributed by atoms with Gasteiger partial charge in [-0.3, -0.25) is 0 Å². The van der Waals surface area contributed by atoms with Crippen LogP contribution in [0.2, 0.25) is 0 Å². The van der Waals surface area contributed by atoms with Crippen molar-refractivity contribution in [1.29, 1.82) is 0 Å². The summed E-state index contributed by atoms with van der Waals surface area (Å²) in [4.78, 5) is 0. The molecule has 4 nitrogen and oxygen atoms in total. The molecule has 74 valence electrons. The van der Waals surface area contributed by atoms with Gasteiger partial charge in [-0.15, -0.1) is 0 Å². The van der Waals surface area contributed by atoms with Crippen molar-refractivity contribution in [1.82, 2.24) is 0 Å². The maximum atomic E-state index is 9.29. The van der Waals surface area contributed by atoms with E-state index in [1.54, 1.807) is 13.8 Å². The Balaban J connectivity index is 4.08. The minimum Gasteiger partial charge on any atom is -0.391 e. The smallest absolute Gasteiger partial charge is 0.108 e. The van der Waals surface area contributed by atoms with Crippen molar-refractivity contribution >= 4 is 0 Å². The minimum atomic E-state index is -1.29. The molecule has 0 saturated carbocycles. The van der Waals surface area contributed by atoms with Gasteiger partial charge < -0.3 is 20.4 Å². The van der Waals surface area contributed by atoms with Gasteiger partial charge in [-0.2, -0.15) is 0 Å². The van der Waals surface area contributed by atoms with Crippen molar-refractivity contribution in [3.63, 3.8) is 0 Å². The number of hydrogen-bond acceptors (Lipinski definition) is 4. The van der Waals surface area contributed by atoms with Gasteiger partial charge in [0.2, 0.25) is 0 Å². The Kier molecular flexibility index (Phi) is 4.70. The molecule has 0 spiro atoms. The highest BCUT2D eigenvalue weighted by Gasteiger charge is 2.29.